The lowest BCUT2D eigenvalue weighted by Crippen LogP contribution is -2.33. The maximum Gasteiger partial charge on any atom is 0.326 e. The van der Waals surface area contributed by atoms with E-state index in [0.717, 1.165) is 5.56 Å². The summed E-state index contributed by atoms with van der Waals surface area (Å²) in [5.74, 6) is -0.318. The van der Waals surface area contributed by atoms with Crippen molar-refractivity contribution < 1.29 is 9.90 Å². The number of thiophene rings is 1. The predicted octanol–water partition coefficient (Wildman–Crippen LogP) is 1.24. The van der Waals surface area contributed by atoms with Crippen molar-refractivity contribution in [3.8, 4) is 0 Å². The first-order valence-electron chi connectivity index (χ1n) is 6.79. The van der Waals surface area contributed by atoms with Crippen LogP contribution in [0.4, 0.5) is 0 Å². The molecule has 0 aliphatic carbocycles. The number of hydrogen-bond donors (Lipinski definition) is 3. The number of hydrogen-bond acceptors (Lipinski definition) is 4. The Morgan fingerprint density at radius 2 is 2.18 bits per heavy atom. The number of para-hydroxylation sites is 2. The Hall–Kier alpha value is -2.38. The van der Waals surface area contributed by atoms with Crippen LogP contribution >= 0.6 is 11.3 Å². The third kappa shape index (κ3) is 2.95. The zero-order chi connectivity index (χ0) is 15.5. The molecule has 0 aliphatic rings. The summed E-state index contributed by atoms with van der Waals surface area (Å²) in [6.07, 6.45) is -0.741. The molecule has 0 saturated heterocycles. The summed E-state index contributed by atoms with van der Waals surface area (Å²) in [4.78, 5) is 26.6. The van der Waals surface area contributed by atoms with Crippen LogP contribution in [0.3, 0.4) is 0 Å². The van der Waals surface area contributed by atoms with E-state index >= 15 is 0 Å². The van der Waals surface area contributed by atoms with Gasteiger partial charge in [-0.2, -0.15) is 11.3 Å². The Kier molecular flexibility index (Phi) is 4.08. The van der Waals surface area contributed by atoms with Gasteiger partial charge in [0.2, 0.25) is 5.91 Å². The van der Waals surface area contributed by atoms with Crippen molar-refractivity contribution in [1.29, 1.82) is 0 Å². The van der Waals surface area contributed by atoms with Gasteiger partial charge in [0, 0.05) is 6.54 Å². The second-order valence-electron chi connectivity index (χ2n) is 4.91. The molecule has 1 unspecified atom stereocenters. The number of carbonyl (C=O) groups excluding carboxylic acids is 1. The highest BCUT2D eigenvalue weighted by molar-refractivity contribution is 7.07. The van der Waals surface area contributed by atoms with Crippen molar-refractivity contribution in [2.24, 2.45) is 0 Å². The topological polar surface area (TPSA) is 87.1 Å². The number of nitrogens with one attached hydrogen (secondary N) is 2. The lowest BCUT2D eigenvalue weighted by molar-refractivity contribution is -0.122. The number of aliphatic hydroxyl groups excluding tert-OH is 1. The van der Waals surface area contributed by atoms with E-state index in [0.29, 0.717) is 11.0 Å². The van der Waals surface area contributed by atoms with Gasteiger partial charge in [-0.25, -0.2) is 4.79 Å². The minimum absolute atomic E-state index is 0.0841. The van der Waals surface area contributed by atoms with E-state index in [1.807, 2.05) is 29.0 Å². The van der Waals surface area contributed by atoms with Crippen molar-refractivity contribution >= 4 is 28.3 Å². The Morgan fingerprint density at radius 1 is 1.36 bits per heavy atom. The van der Waals surface area contributed by atoms with Crippen LogP contribution < -0.4 is 11.0 Å². The third-order valence-corrected chi connectivity index (χ3v) is 4.11. The van der Waals surface area contributed by atoms with Gasteiger partial charge in [-0.05, 0) is 34.5 Å². The standard InChI is InChI=1S/C15H15N3O3S/c19-13(10-5-6-22-9-10)7-16-14(20)8-18-12-4-2-1-3-11(12)17-15(18)21/h1-6,9,13,19H,7-8H2,(H,16,20)(H,17,21). The number of rotatable bonds is 5. The number of H-pyrrole nitrogens is 1. The summed E-state index contributed by atoms with van der Waals surface area (Å²) in [6.45, 7) is 0.0336. The van der Waals surface area contributed by atoms with Gasteiger partial charge in [-0.15, -0.1) is 0 Å². The highest BCUT2D eigenvalue weighted by Gasteiger charge is 2.13. The van der Waals surface area contributed by atoms with Crippen molar-refractivity contribution in [1.82, 2.24) is 14.9 Å². The number of aliphatic hydroxyl groups is 1. The normalized spacial score (nSPS) is 12.4. The first-order chi connectivity index (χ1) is 10.6. The quantitative estimate of drug-likeness (QED) is 0.662. The average molecular weight is 317 g/mol. The van der Waals surface area contributed by atoms with E-state index in [9.17, 15) is 14.7 Å². The summed E-state index contributed by atoms with van der Waals surface area (Å²) >= 11 is 1.49. The van der Waals surface area contributed by atoms with E-state index in [4.69, 9.17) is 0 Å². The molecule has 3 N–H and O–H groups in total. The number of fused-ring (bicyclic) bond motifs is 1. The molecule has 0 radical (unpaired) electrons. The molecule has 1 atom stereocenters. The summed E-state index contributed by atoms with van der Waals surface area (Å²) < 4.78 is 1.38. The lowest BCUT2D eigenvalue weighted by atomic mass is 10.2. The molecule has 0 bridgehead atoms. The minimum Gasteiger partial charge on any atom is -0.387 e. The number of aromatic amines is 1. The molecule has 114 valence electrons. The molecule has 1 amide bonds. The van der Waals surface area contributed by atoms with Crippen LogP contribution in [0.25, 0.3) is 11.0 Å². The van der Waals surface area contributed by atoms with Gasteiger partial charge in [-0.1, -0.05) is 12.1 Å². The molecule has 3 aromatic rings. The monoisotopic (exact) mass is 317 g/mol. The zero-order valence-corrected chi connectivity index (χ0v) is 12.5. The maximum atomic E-state index is 12.0. The number of aromatic nitrogens is 2. The minimum atomic E-state index is -0.741. The fourth-order valence-electron chi connectivity index (χ4n) is 2.26. The maximum absolute atomic E-state index is 12.0. The van der Waals surface area contributed by atoms with Crippen LogP contribution in [0.1, 0.15) is 11.7 Å². The molecule has 0 spiro atoms. The molecule has 6 nitrogen and oxygen atoms in total. The highest BCUT2D eigenvalue weighted by atomic mass is 32.1. The number of carbonyl (C=O) groups is 1. The van der Waals surface area contributed by atoms with E-state index in [2.05, 4.69) is 10.3 Å². The second kappa shape index (κ2) is 6.17. The first kappa shape index (κ1) is 14.6. The molecular formula is C15H15N3O3S. The van der Waals surface area contributed by atoms with Crippen LogP contribution in [-0.2, 0) is 11.3 Å². The fourth-order valence-corrected chi connectivity index (χ4v) is 2.96. The van der Waals surface area contributed by atoms with E-state index < -0.39 is 6.10 Å². The summed E-state index contributed by atoms with van der Waals surface area (Å²) in [5.41, 5.74) is 1.82. The number of amides is 1. The Bertz CT molecular complexity index is 835. The van der Waals surface area contributed by atoms with E-state index in [1.165, 1.54) is 15.9 Å². The Morgan fingerprint density at radius 3 is 2.95 bits per heavy atom. The molecule has 0 aliphatic heterocycles. The third-order valence-electron chi connectivity index (χ3n) is 3.40. The first-order valence-corrected chi connectivity index (χ1v) is 7.74. The lowest BCUT2D eigenvalue weighted by Gasteiger charge is -2.11. The van der Waals surface area contributed by atoms with Gasteiger partial charge >= 0.3 is 5.69 Å². The van der Waals surface area contributed by atoms with Gasteiger partial charge in [-0.3, -0.25) is 9.36 Å². The van der Waals surface area contributed by atoms with Gasteiger partial charge < -0.3 is 15.4 Å². The molecular weight excluding hydrogens is 302 g/mol. The smallest absolute Gasteiger partial charge is 0.326 e. The molecule has 7 heteroatoms. The van der Waals surface area contributed by atoms with Crippen LogP contribution in [0.2, 0.25) is 0 Å². The largest absolute Gasteiger partial charge is 0.387 e. The average Bonchev–Trinajstić information content (AvgIpc) is 3.14. The molecule has 1 aromatic carbocycles. The molecule has 22 heavy (non-hydrogen) atoms. The van der Waals surface area contributed by atoms with Crippen molar-refractivity contribution in [2.75, 3.05) is 6.54 Å². The zero-order valence-electron chi connectivity index (χ0n) is 11.7. The summed E-state index contributed by atoms with van der Waals surface area (Å²) in [6, 6.07) is 9.00. The SMILES string of the molecule is O=C(Cn1c(=O)[nH]c2ccccc21)NCC(O)c1ccsc1. The number of nitrogens with zero attached hydrogens (tertiary/aromatic N) is 1. The van der Waals surface area contributed by atoms with Gasteiger partial charge in [0.05, 0.1) is 17.1 Å². The van der Waals surface area contributed by atoms with Gasteiger partial charge in [0.25, 0.3) is 0 Å². The van der Waals surface area contributed by atoms with Crippen molar-refractivity contribution in [3.63, 3.8) is 0 Å². The van der Waals surface area contributed by atoms with Crippen LogP contribution in [0.5, 0.6) is 0 Å². The van der Waals surface area contributed by atoms with E-state index in [-0.39, 0.29) is 24.7 Å². The Labute approximate surface area is 130 Å². The highest BCUT2D eigenvalue weighted by Crippen LogP contribution is 2.15. The molecule has 3 rings (SSSR count). The van der Waals surface area contributed by atoms with Crippen LogP contribution in [0, 0.1) is 0 Å². The molecule has 0 saturated carbocycles. The van der Waals surface area contributed by atoms with Gasteiger partial charge in [0.15, 0.2) is 0 Å². The van der Waals surface area contributed by atoms with Crippen LogP contribution in [0.15, 0.2) is 45.9 Å². The summed E-state index contributed by atoms with van der Waals surface area (Å²) in [7, 11) is 0. The number of imidazole rings is 1. The molecule has 2 heterocycles. The van der Waals surface area contributed by atoms with E-state index in [1.54, 1.807) is 12.1 Å². The van der Waals surface area contributed by atoms with Crippen molar-refractivity contribution in [2.45, 2.75) is 12.6 Å². The van der Waals surface area contributed by atoms with Crippen LogP contribution in [-0.4, -0.2) is 27.1 Å². The summed E-state index contributed by atoms with van der Waals surface area (Å²) in [5, 5.41) is 16.3. The van der Waals surface area contributed by atoms with Gasteiger partial charge in [0.1, 0.15) is 6.54 Å². The molecule has 0 fully saturated rings. The number of benzene rings is 1. The second-order valence-corrected chi connectivity index (χ2v) is 5.69. The molecule has 2 aromatic heterocycles. The predicted molar refractivity (Wildman–Crippen MR) is 84.8 cm³/mol. The Balaban J connectivity index is 1.66. The van der Waals surface area contributed by atoms with Crippen molar-refractivity contribution in [3.05, 3.63) is 57.1 Å². The fraction of sp³-hybridized carbons (Fsp3) is 0.200.